The summed E-state index contributed by atoms with van der Waals surface area (Å²) in [5, 5.41) is 8.12. The molecule has 1 nitrogen and oxygen atoms in total. The Bertz CT molecular complexity index is 186. The Hall–Kier alpha value is -0.920. The maximum absolute atomic E-state index is 8.12. The smallest absolute Gasteiger partial charge is 0.111 e. The summed E-state index contributed by atoms with van der Waals surface area (Å²) in [6.07, 6.45) is 16.0. The molecule has 0 bridgehead atoms. The molecule has 0 aromatic rings. The Morgan fingerprint density at radius 1 is 1.13 bits per heavy atom. The van der Waals surface area contributed by atoms with Gasteiger partial charge in [-0.05, 0) is 19.8 Å². The predicted octanol–water partition coefficient (Wildman–Crippen LogP) is 3.23. The van der Waals surface area contributed by atoms with Gasteiger partial charge in [0.05, 0.1) is 0 Å². The van der Waals surface area contributed by atoms with Crippen molar-refractivity contribution >= 4 is 0 Å². The van der Waals surface area contributed by atoms with Crippen molar-refractivity contribution in [3.05, 3.63) is 0 Å². The van der Waals surface area contributed by atoms with Gasteiger partial charge in [0.25, 0.3) is 0 Å². The standard InChI is InChI=1S/C8H12.C4H6O.C2H6/c1-2-8-6-4-3-5-7-8;1-3-4(2)5;1-2/h1,8H,3-7H2;1,4-5H,2H3;1-2H3. The number of aliphatic hydroxyl groups is 1. The van der Waals surface area contributed by atoms with E-state index in [2.05, 4.69) is 18.3 Å². The van der Waals surface area contributed by atoms with E-state index >= 15 is 0 Å². The third kappa shape index (κ3) is 13.1. The lowest BCUT2D eigenvalue weighted by Crippen LogP contribution is -2.02. The molecule has 1 aliphatic carbocycles. The SMILES string of the molecule is C#CC(C)O.C#CC1CCCCC1.CC. The highest BCUT2D eigenvalue weighted by Gasteiger charge is 2.08. The third-order valence-electron chi connectivity index (χ3n) is 2.08. The summed E-state index contributed by atoms with van der Waals surface area (Å²) < 4.78 is 0. The number of hydrogen-bond donors (Lipinski definition) is 1. The highest BCUT2D eigenvalue weighted by atomic mass is 16.3. The molecule has 0 saturated heterocycles. The Labute approximate surface area is 95.3 Å². The van der Waals surface area contributed by atoms with Gasteiger partial charge in [-0.1, -0.05) is 39.0 Å². The summed E-state index contributed by atoms with van der Waals surface area (Å²) in [7, 11) is 0. The molecule has 0 aromatic carbocycles. The molecule has 1 aliphatic rings. The van der Waals surface area contributed by atoms with Crippen LogP contribution in [0.3, 0.4) is 0 Å². The molecule has 86 valence electrons. The van der Waals surface area contributed by atoms with Crippen LogP contribution in [0.15, 0.2) is 0 Å². The molecule has 1 N–H and O–H groups in total. The van der Waals surface area contributed by atoms with Crippen LogP contribution in [0, 0.1) is 30.6 Å². The van der Waals surface area contributed by atoms with Gasteiger partial charge in [-0.25, -0.2) is 0 Å². The first-order valence-corrected chi connectivity index (χ1v) is 5.81. The Kier molecular flexibility index (Phi) is 14.4. The van der Waals surface area contributed by atoms with Crippen LogP contribution in [0.1, 0.15) is 52.9 Å². The number of terminal acetylenes is 2. The Balaban J connectivity index is 0. The van der Waals surface area contributed by atoms with Crippen molar-refractivity contribution in [3.63, 3.8) is 0 Å². The maximum Gasteiger partial charge on any atom is 0.111 e. The average molecular weight is 208 g/mol. The topological polar surface area (TPSA) is 20.2 Å². The minimum absolute atomic E-state index is 0.588. The van der Waals surface area contributed by atoms with Gasteiger partial charge in [0, 0.05) is 5.92 Å². The molecule has 0 heterocycles. The Morgan fingerprint density at radius 3 is 1.73 bits per heavy atom. The summed E-state index contributed by atoms with van der Waals surface area (Å²) in [6.45, 7) is 5.54. The van der Waals surface area contributed by atoms with Crippen LogP contribution in [-0.4, -0.2) is 11.2 Å². The molecule has 1 atom stereocenters. The van der Waals surface area contributed by atoms with Crippen LogP contribution in [0.2, 0.25) is 0 Å². The summed E-state index contributed by atoms with van der Waals surface area (Å²) in [5.74, 6) is 5.50. The van der Waals surface area contributed by atoms with Gasteiger partial charge in [-0.15, -0.1) is 18.8 Å². The lowest BCUT2D eigenvalue weighted by Gasteiger charge is -2.14. The number of hydrogen-bond acceptors (Lipinski definition) is 1. The first-order valence-electron chi connectivity index (χ1n) is 5.81. The third-order valence-corrected chi connectivity index (χ3v) is 2.08. The zero-order valence-electron chi connectivity index (χ0n) is 10.3. The normalized spacial score (nSPS) is 16.7. The van der Waals surface area contributed by atoms with Gasteiger partial charge < -0.3 is 5.11 Å². The van der Waals surface area contributed by atoms with Crippen LogP contribution < -0.4 is 0 Å². The minimum Gasteiger partial charge on any atom is -0.381 e. The first kappa shape index (κ1) is 16.5. The minimum atomic E-state index is -0.588. The fourth-order valence-electron chi connectivity index (χ4n) is 1.27. The fourth-order valence-corrected chi connectivity index (χ4v) is 1.27. The average Bonchev–Trinajstić information content (AvgIpc) is 2.33. The van der Waals surface area contributed by atoms with E-state index < -0.39 is 6.10 Å². The van der Waals surface area contributed by atoms with Gasteiger partial charge >= 0.3 is 0 Å². The van der Waals surface area contributed by atoms with Gasteiger partial charge in [-0.2, -0.15) is 0 Å². The molecule has 0 amide bonds. The van der Waals surface area contributed by atoms with Crippen LogP contribution in [-0.2, 0) is 0 Å². The van der Waals surface area contributed by atoms with Crippen molar-refractivity contribution in [2.45, 2.75) is 59.0 Å². The summed E-state index contributed by atoms with van der Waals surface area (Å²) in [6, 6.07) is 0. The van der Waals surface area contributed by atoms with Crippen molar-refractivity contribution < 1.29 is 5.11 Å². The zero-order valence-corrected chi connectivity index (χ0v) is 10.3. The summed E-state index contributed by atoms with van der Waals surface area (Å²) in [4.78, 5) is 0. The molecule has 0 aromatic heterocycles. The zero-order chi connectivity index (χ0) is 12.1. The summed E-state index contributed by atoms with van der Waals surface area (Å²) in [5.41, 5.74) is 0. The van der Waals surface area contributed by atoms with E-state index in [9.17, 15) is 0 Å². The monoisotopic (exact) mass is 208 g/mol. The van der Waals surface area contributed by atoms with Gasteiger partial charge in [-0.3, -0.25) is 0 Å². The van der Waals surface area contributed by atoms with E-state index in [0.717, 1.165) is 0 Å². The lowest BCUT2D eigenvalue weighted by atomic mass is 9.90. The molecular weight excluding hydrogens is 184 g/mol. The molecule has 0 radical (unpaired) electrons. The van der Waals surface area contributed by atoms with E-state index in [0.29, 0.717) is 5.92 Å². The highest BCUT2D eigenvalue weighted by molar-refractivity contribution is 4.93. The number of aliphatic hydroxyl groups excluding tert-OH is 1. The highest BCUT2D eigenvalue weighted by Crippen LogP contribution is 2.22. The Morgan fingerprint density at radius 2 is 1.53 bits per heavy atom. The van der Waals surface area contributed by atoms with Crippen LogP contribution in [0.5, 0.6) is 0 Å². The number of rotatable bonds is 0. The molecule has 1 rings (SSSR count). The molecular formula is C14H24O. The molecule has 15 heavy (non-hydrogen) atoms. The van der Waals surface area contributed by atoms with Crippen LogP contribution >= 0.6 is 0 Å². The van der Waals surface area contributed by atoms with E-state index in [-0.39, 0.29) is 0 Å². The maximum atomic E-state index is 8.12. The van der Waals surface area contributed by atoms with E-state index in [1.54, 1.807) is 6.92 Å². The fraction of sp³-hybridized carbons (Fsp3) is 0.714. The van der Waals surface area contributed by atoms with Crippen LogP contribution in [0.25, 0.3) is 0 Å². The van der Waals surface area contributed by atoms with Crippen molar-refractivity contribution in [1.29, 1.82) is 0 Å². The predicted molar refractivity (Wildman–Crippen MR) is 67.3 cm³/mol. The molecule has 1 fully saturated rings. The van der Waals surface area contributed by atoms with Crippen LogP contribution in [0.4, 0.5) is 0 Å². The van der Waals surface area contributed by atoms with Crippen molar-refractivity contribution in [3.8, 4) is 24.7 Å². The first-order chi connectivity index (χ1) is 7.20. The van der Waals surface area contributed by atoms with E-state index in [4.69, 9.17) is 11.5 Å². The van der Waals surface area contributed by atoms with Gasteiger partial charge in [0.2, 0.25) is 0 Å². The quantitative estimate of drug-likeness (QED) is 0.606. The van der Waals surface area contributed by atoms with Crippen molar-refractivity contribution in [1.82, 2.24) is 0 Å². The van der Waals surface area contributed by atoms with Crippen molar-refractivity contribution in [2.24, 2.45) is 5.92 Å². The van der Waals surface area contributed by atoms with Crippen molar-refractivity contribution in [2.75, 3.05) is 0 Å². The van der Waals surface area contributed by atoms with E-state index in [1.165, 1.54) is 32.1 Å². The molecule has 1 heteroatoms. The molecule has 0 aliphatic heterocycles. The second-order valence-corrected chi connectivity index (χ2v) is 3.34. The molecule has 1 saturated carbocycles. The lowest BCUT2D eigenvalue weighted by molar-refractivity contribution is 0.253. The second kappa shape index (κ2) is 13.1. The van der Waals surface area contributed by atoms with Gasteiger partial charge in [0.1, 0.15) is 6.10 Å². The molecule has 1 unspecified atom stereocenters. The summed E-state index contributed by atoms with van der Waals surface area (Å²) >= 11 is 0. The molecule has 0 spiro atoms. The van der Waals surface area contributed by atoms with E-state index in [1.807, 2.05) is 13.8 Å². The van der Waals surface area contributed by atoms with Gasteiger partial charge in [0.15, 0.2) is 0 Å². The second-order valence-electron chi connectivity index (χ2n) is 3.34. The largest absolute Gasteiger partial charge is 0.381 e.